The van der Waals surface area contributed by atoms with Crippen LogP contribution in [-0.4, -0.2) is 35.9 Å². The third-order valence-corrected chi connectivity index (χ3v) is 3.81. The molecule has 1 saturated carbocycles. The van der Waals surface area contributed by atoms with Crippen LogP contribution in [0.2, 0.25) is 5.15 Å². The van der Waals surface area contributed by atoms with Gasteiger partial charge in [-0.1, -0.05) is 18.5 Å². The van der Waals surface area contributed by atoms with Crippen molar-refractivity contribution in [2.45, 2.75) is 25.7 Å². The number of carbonyl (C=O) groups is 1. The molecule has 1 aliphatic heterocycles. The van der Waals surface area contributed by atoms with Gasteiger partial charge in [-0.25, -0.2) is 0 Å². The molecule has 1 aromatic rings. The highest BCUT2D eigenvalue weighted by Crippen LogP contribution is 2.41. The number of aromatic amines is 1. The third-order valence-electron chi connectivity index (χ3n) is 3.54. The second-order valence-electron chi connectivity index (χ2n) is 5.56. The van der Waals surface area contributed by atoms with E-state index in [9.17, 15) is 4.79 Å². The number of ether oxygens (including phenoxy) is 1. The monoisotopic (exact) mass is 269 g/mol. The standard InChI is InChI=1S/C12H16ClN3O2/c1-12(5-18-6-12)4-14-11(17)8-9(7-2-3-7)15-16-10(8)13/h7H,2-6H2,1H3,(H,14,17)(H,15,16). The maximum atomic E-state index is 12.2. The summed E-state index contributed by atoms with van der Waals surface area (Å²) < 4.78 is 5.16. The van der Waals surface area contributed by atoms with Gasteiger partial charge in [-0.2, -0.15) is 5.10 Å². The normalized spacial score (nSPS) is 21.4. The van der Waals surface area contributed by atoms with E-state index in [0.29, 0.717) is 31.2 Å². The summed E-state index contributed by atoms with van der Waals surface area (Å²) in [4.78, 5) is 12.2. The summed E-state index contributed by atoms with van der Waals surface area (Å²) >= 11 is 5.98. The van der Waals surface area contributed by atoms with Gasteiger partial charge in [-0.15, -0.1) is 0 Å². The fourth-order valence-corrected chi connectivity index (χ4v) is 2.38. The van der Waals surface area contributed by atoms with Crippen molar-refractivity contribution in [2.24, 2.45) is 5.41 Å². The topological polar surface area (TPSA) is 67.0 Å². The van der Waals surface area contributed by atoms with Crippen LogP contribution in [0.5, 0.6) is 0 Å². The lowest BCUT2D eigenvalue weighted by Crippen LogP contribution is -2.48. The molecule has 2 N–H and O–H groups in total. The van der Waals surface area contributed by atoms with Crippen LogP contribution >= 0.6 is 11.6 Å². The number of hydrogen-bond acceptors (Lipinski definition) is 3. The number of hydrogen-bond donors (Lipinski definition) is 2. The molecule has 1 saturated heterocycles. The van der Waals surface area contributed by atoms with Gasteiger partial charge in [0, 0.05) is 17.9 Å². The number of rotatable bonds is 4. The highest BCUT2D eigenvalue weighted by atomic mass is 35.5. The summed E-state index contributed by atoms with van der Waals surface area (Å²) in [6.07, 6.45) is 2.20. The number of aromatic nitrogens is 2. The van der Waals surface area contributed by atoms with E-state index in [1.807, 2.05) is 0 Å². The minimum absolute atomic E-state index is 0.0611. The average Bonchev–Trinajstić information content (AvgIpc) is 3.07. The van der Waals surface area contributed by atoms with E-state index in [1.54, 1.807) is 0 Å². The molecule has 1 aromatic heterocycles. The van der Waals surface area contributed by atoms with E-state index in [0.717, 1.165) is 18.5 Å². The predicted octanol–water partition coefficient (Wildman–Crippen LogP) is 1.71. The maximum absolute atomic E-state index is 12.2. The Hall–Kier alpha value is -1.07. The molecule has 2 aliphatic rings. The minimum atomic E-state index is -0.135. The molecule has 0 radical (unpaired) electrons. The molecule has 0 aromatic carbocycles. The van der Waals surface area contributed by atoms with E-state index in [1.165, 1.54) is 0 Å². The smallest absolute Gasteiger partial charge is 0.256 e. The van der Waals surface area contributed by atoms with E-state index in [4.69, 9.17) is 16.3 Å². The first-order valence-electron chi connectivity index (χ1n) is 6.19. The van der Waals surface area contributed by atoms with E-state index < -0.39 is 0 Å². The van der Waals surface area contributed by atoms with Crippen LogP contribution in [0.25, 0.3) is 0 Å². The molecule has 2 fully saturated rings. The lowest BCUT2D eigenvalue weighted by molar-refractivity contribution is -0.0978. The fraction of sp³-hybridized carbons (Fsp3) is 0.667. The second-order valence-corrected chi connectivity index (χ2v) is 5.92. The Morgan fingerprint density at radius 2 is 2.33 bits per heavy atom. The third kappa shape index (κ3) is 2.12. The Morgan fingerprint density at radius 3 is 2.89 bits per heavy atom. The van der Waals surface area contributed by atoms with Gasteiger partial charge < -0.3 is 10.1 Å². The Morgan fingerprint density at radius 1 is 1.61 bits per heavy atom. The molecule has 1 aliphatic carbocycles. The molecule has 6 heteroatoms. The van der Waals surface area contributed by atoms with Gasteiger partial charge in [0.15, 0.2) is 5.15 Å². The SMILES string of the molecule is CC1(CNC(=O)c2c(Cl)n[nH]c2C2CC2)COC1. The molecule has 0 unspecified atom stereocenters. The van der Waals surface area contributed by atoms with Gasteiger partial charge >= 0.3 is 0 Å². The molecule has 5 nitrogen and oxygen atoms in total. The highest BCUT2D eigenvalue weighted by molar-refractivity contribution is 6.32. The number of carbonyl (C=O) groups excluding carboxylic acids is 1. The lowest BCUT2D eigenvalue weighted by Gasteiger charge is -2.38. The number of nitrogens with zero attached hydrogens (tertiary/aromatic N) is 1. The first-order chi connectivity index (χ1) is 8.59. The number of halogens is 1. The molecular formula is C12H16ClN3O2. The molecule has 0 spiro atoms. The fourth-order valence-electron chi connectivity index (χ4n) is 2.15. The van der Waals surface area contributed by atoms with Crippen LogP contribution in [0.1, 0.15) is 41.7 Å². The van der Waals surface area contributed by atoms with E-state index >= 15 is 0 Å². The Kier molecular flexibility index (Phi) is 2.83. The number of nitrogens with one attached hydrogen (secondary N) is 2. The summed E-state index contributed by atoms with van der Waals surface area (Å²) in [5, 5.41) is 10.0. The van der Waals surface area contributed by atoms with Crippen molar-refractivity contribution in [3.8, 4) is 0 Å². The van der Waals surface area contributed by atoms with Gasteiger partial charge in [0.05, 0.1) is 24.5 Å². The number of amides is 1. The van der Waals surface area contributed by atoms with Gasteiger partial charge in [-0.3, -0.25) is 9.89 Å². The molecule has 1 amide bonds. The number of H-pyrrole nitrogens is 1. The van der Waals surface area contributed by atoms with Gasteiger partial charge in [0.1, 0.15) is 0 Å². The van der Waals surface area contributed by atoms with E-state index in [-0.39, 0.29) is 16.5 Å². The first kappa shape index (κ1) is 12.0. The van der Waals surface area contributed by atoms with Gasteiger partial charge in [-0.05, 0) is 12.8 Å². The van der Waals surface area contributed by atoms with Gasteiger partial charge in [0.2, 0.25) is 0 Å². The average molecular weight is 270 g/mol. The Balaban J connectivity index is 1.69. The van der Waals surface area contributed by atoms with Gasteiger partial charge in [0.25, 0.3) is 5.91 Å². The van der Waals surface area contributed by atoms with Crippen molar-refractivity contribution in [2.75, 3.05) is 19.8 Å². The minimum Gasteiger partial charge on any atom is -0.380 e. The van der Waals surface area contributed by atoms with Crippen molar-refractivity contribution < 1.29 is 9.53 Å². The van der Waals surface area contributed by atoms with Crippen molar-refractivity contribution in [3.05, 3.63) is 16.4 Å². The zero-order chi connectivity index (χ0) is 12.8. The Bertz CT molecular complexity index is 478. The largest absolute Gasteiger partial charge is 0.380 e. The zero-order valence-electron chi connectivity index (χ0n) is 10.3. The lowest BCUT2D eigenvalue weighted by atomic mass is 9.88. The van der Waals surface area contributed by atoms with Crippen molar-refractivity contribution in [1.29, 1.82) is 0 Å². The van der Waals surface area contributed by atoms with Crippen LogP contribution < -0.4 is 5.32 Å². The van der Waals surface area contributed by atoms with Crippen LogP contribution in [0.4, 0.5) is 0 Å². The zero-order valence-corrected chi connectivity index (χ0v) is 11.0. The van der Waals surface area contributed by atoms with Crippen LogP contribution in [-0.2, 0) is 4.74 Å². The molecular weight excluding hydrogens is 254 g/mol. The van der Waals surface area contributed by atoms with Crippen LogP contribution in [0, 0.1) is 5.41 Å². The summed E-state index contributed by atoms with van der Waals surface area (Å²) in [5.74, 6) is 0.289. The summed E-state index contributed by atoms with van der Waals surface area (Å²) in [5.41, 5.74) is 1.46. The van der Waals surface area contributed by atoms with Crippen molar-refractivity contribution >= 4 is 17.5 Å². The Labute approximate surface area is 110 Å². The maximum Gasteiger partial charge on any atom is 0.256 e. The second kappa shape index (κ2) is 4.24. The molecule has 0 atom stereocenters. The quantitative estimate of drug-likeness (QED) is 0.874. The van der Waals surface area contributed by atoms with Crippen molar-refractivity contribution in [3.63, 3.8) is 0 Å². The summed E-state index contributed by atoms with van der Waals surface area (Å²) in [7, 11) is 0. The van der Waals surface area contributed by atoms with Crippen LogP contribution in [0.3, 0.4) is 0 Å². The highest BCUT2D eigenvalue weighted by Gasteiger charge is 2.35. The molecule has 3 rings (SSSR count). The summed E-state index contributed by atoms with van der Waals surface area (Å²) in [6.45, 7) is 4.09. The first-order valence-corrected chi connectivity index (χ1v) is 6.57. The molecule has 2 heterocycles. The van der Waals surface area contributed by atoms with Crippen LogP contribution in [0.15, 0.2) is 0 Å². The molecule has 98 valence electrons. The summed E-state index contributed by atoms with van der Waals surface area (Å²) in [6, 6.07) is 0. The van der Waals surface area contributed by atoms with E-state index in [2.05, 4.69) is 22.4 Å². The van der Waals surface area contributed by atoms with Crippen molar-refractivity contribution in [1.82, 2.24) is 15.5 Å². The molecule has 18 heavy (non-hydrogen) atoms. The molecule has 0 bridgehead atoms. The predicted molar refractivity (Wildman–Crippen MR) is 66.8 cm³/mol.